The molecule has 1 aromatic heterocycles. The molecule has 1 heterocycles. The largest absolute Gasteiger partial charge is 0.495 e. The van der Waals surface area contributed by atoms with Crippen molar-refractivity contribution in [1.29, 1.82) is 0 Å². The molecule has 0 aliphatic carbocycles. The third-order valence-electron chi connectivity index (χ3n) is 3.97. The number of urea groups is 1. The van der Waals surface area contributed by atoms with Crippen LogP contribution in [0, 0.1) is 13.8 Å². The molecule has 0 fully saturated rings. The van der Waals surface area contributed by atoms with E-state index in [4.69, 9.17) is 4.74 Å². The van der Waals surface area contributed by atoms with Crippen LogP contribution in [0.5, 0.6) is 5.75 Å². The lowest BCUT2D eigenvalue weighted by molar-refractivity contribution is 0.102. The summed E-state index contributed by atoms with van der Waals surface area (Å²) >= 11 is 1.12. The van der Waals surface area contributed by atoms with Gasteiger partial charge >= 0.3 is 6.03 Å². The van der Waals surface area contributed by atoms with Crippen molar-refractivity contribution >= 4 is 39.8 Å². The number of carbonyl (C=O) groups is 2. The monoisotopic (exact) mass is 396 g/mol. The molecule has 8 heteroatoms. The number of rotatable bonds is 5. The molecule has 144 valence electrons. The normalized spacial score (nSPS) is 10.2. The van der Waals surface area contributed by atoms with E-state index in [-0.39, 0.29) is 5.91 Å². The van der Waals surface area contributed by atoms with Crippen molar-refractivity contribution in [3.8, 4) is 5.75 Å². The molecule has 0 unspecified atom stereocenters. The summed E-state index contributed by atoms with van der Waals surface area (Å²) in [6.45, 7) is 3.65. The third kappa shape index (κ3) is 4.47. The van der Waals surface area contributed by atoms with E-state index in [1.807, 2.05) is 37.3 Å². The van der Waals surface area contributed by atoms with Gasteiger partial charge in [-0.25, -0.2) is 9.78 Å². The Kier molecular flexibility index (Phi) is 5.90. The number of para-hydroxylation sites is 3. The molecule has 28 heavy (non-hydrogen) atoms. The topological polar surface area (TPSA) is 92.3 Å². The summed E-state index contributed by atoms with van der Waals surface area (Å²) < 4.78 is 5.21. The van der Waals surface area contributed by atoms with Crippen LogP contribution >= 0.6 is 11.3 Å². The first kappa shape index (κ1) is 19.4. The molecule has 0 atom stereocenters. The quantitative estimate of drug-likeness (QED) is 0.585. The van der Waals surface area contributed by atoms with E-state index in [1.54, 1.807) is 25.1 Å². The van der Waals surface area contributed by atoms with E-state index < -0.39 is 6.03 Å². The van der Waals surface area contributed by atoms with Gasteiger partial charge < -0.3 is 15.4 Å². The predicted molar refractivity (Wildman–Crippen MR) is 112 cm³/mol. The fraction of sp³-hybridized carbons (Fsp3) is 0.150. The summed E-state index contributed by atoms with van der Waals surface area (Å²) in [6.07, 6.45) is 0. The number of amides is 3. The minimum Gasteiger partial charge on any atom is -0.495 e. The highest BCUT2D eigenvalue weighted by Crippen LogP contribution is 2.26. The van der Waals surface area contributed by atoms with Crippen LogP contribution in [0.25, 0.3) is 0 Å². The molecular formula is C20H20N4O3S. The summed E-state index contributed by atoms with van der Waals surface area (Å²) in [5.41, 5.74) is 2.79. The molecular weight excluding hydrogens is 376 g/mol. The second kappa shape index (κ2) is 8.53. The van der Waals surface area contributed by atoms with Crippen molar-refractivity contribution in [3.05, 3.63) is 64.7 Å². The van der Waals surface area contributed by atoms with Crippen LogP contribution in [0.15, 0.2) is 48.5 Å². The number of benzene rings is 2. The summed E-state index contributed by atoms with van der Waals surface area (Å²) in [4.78, 5) is 29.6. The Morgan fingerprint density at radius 2 is 1.61 bits per heavy atom. The number of aryl methyl sites for hydroxylation is 2. The van der Waals surface area contributed by atoms with E-state index >= 15 is 0 Å². The number of hydrogen-bond acceptors (Lipinski definition) is 5. The molecule has 3 aromatic rings. The van der Waals surface area contributed by atoms with Crippen LogP contribution in [0.2, 0.25) is 0 Å². The standard InChI is InChI=1S/C20H20N4O3S/c1-12-8-4-5-9-14(12)22-18(25)17-13(2)21-20(28-17)24-19(26)23-15-10-6-7-11-16(15)27-3/h4-11H,1-3H3,(H,22,25)(H2,21,23,24,26). The molecule has 0 saturated heterocycles. The first-order valence-corrected chi connectivity index (χ1v) is 9.35. The van der Waals surface area contributed by atoms with Gasteiger partial charge in [0.15, 0.2) is 5.13 Å². The smallest absolute Gasteiger partial charge is 0.325 e. The summed E-state index contributed by atoms with van der Waals surface area (Å²) in [5, 5.41) is 8.57. The molecule has 2 aromatic carbocycles. The minimum atomic E-state index is -0.468. The average Bonchev–Trinajstić information content (AvgIpc) is 3.04. The Balaban J connectivity index is 1.69. The first-order chi connectivity index (χ1) is 13.5. The zero-order valence-corrected chi connectivity index (χ0v) is 16.5. The van der Waals surface area contributed by atoms with Gasteiger partial charge in [0.05, 0.1) is 18.5 Å². The zero-order valence-electron chi connectivity index (χ0n) is 15.7. The van der Waals surface area contributed by atoms with Crippen molar-refractivity contribution in [3.63, 3.8) is 0 Å². The fourth-order valence-electron chi connectivity index (χ4n) is 2.55. The summed E-state index contributed by atoms with van der Waals surface area (Å²) in [7, 11) is 1.53. The molecule has 0 aliphatic heterocycles. The highest BCUT2D eigenvalue weighted by Gasteiger charge is 2.17. The molecule has 7 nitrogen and oxygen atoms in total. The third-order valence-corrected chi connectivity index (χ3v) is 5.04. The lowest BCUT2D eigenvalue weighted by atomic mass is 10.2. The fourth-order valence-corrected chi connectivity index (χ4v) is 3.41. The van der Waals surface area contributed by atoms with Gasteiger partial charge in [-0.15, -0.1) is 0 Å². The highest BCUT2D eigenvalue weighted by atomic mass is 32.1. The predicted octanol–water partition coefficient (Wildman–Crippen LogP) is 4.66. The van der Waals surface area contributed by atoms with Crippen LogP contribution < -0.4 is 20.7 Å². The van der Waals surface area contributed by atoms with Gasteiger partial charge in [0.2, 0.25) is 0 Å². The zero-order chi connectivity index (χ0) is 20.1. The van der Waals surface area contributed by atoms with Gasteiger partial charge in [-0.05, 0) is 37.6 Å². The molecule has 0 spiro atoms. The Labute approximate surface area is 166 Å². The summed E-state index contributed by atoms with van der Waals surface area (Å²) in [5.74, 6) is 0.286. The highest BCUT2D eigenvalue weighted by molar-refractivity contribution is 7.17. The van der Waals surface area contributed by atoms with Crippen LogP contribution in [-0.2, 0) is 0 Å². The van der Waals surface area contributed by atoms with Crippen LogP contribution in [0.4, 0.5) is 21.3 Å². The maximum absolute atomic E-state index is 12.6. The van der Waals surface area contributed by atoms with Crippen molar-refractivity contribution in [2.24, 2.45) is 0 Å². The summed E-state index contributed by atoms with van der Waals surface area (Å²) in [6, 6.07) is 14.1. The second-order valence-electron chi connectivity index (χ2n) is 5.98. The average molecular weight is 396 g/mol. The lowest BCUT2D eigenvalue weighted by Gasteiger charge is -2.09. The number of ether oxygens (including phenoxy) is 1. The van der Waals surface area contributed by atoms with E-state index in [1.165, 1.54) is 7.11 Å². The van der Waals surface area contributed by atoms with Crippen LogP contribution in [-0.4, -0.2) is 24.0 Å². The molecule has 3 N–H and O–H groups in total. The van der Waals surface area contributed by atoms with Gasteiger partial charge in [0.1, 0.15) is 10.6 Å². The number of hydrogen-bond donors (Lipinski definition) is 3. The number of carbonyl (C=O) groups excluding carboxylic acids is 2. The van der Waals surface area contributed by atoms with Gasteiger partial charge in [0, 0.05) is 5.69 Å². The first-order valence-electron chi connectivity index (χ1n) is 8.53. The molecule has 0 aliphatic rings. The number of methoxy groups -OCH3 is 1. The van der Waals surface area contributed by atoms with E-state index in [2.05, 4.69) is 20.9 Å². The second-order valence-corrected chi connectivity index (χ2v) is 6.98. The number of nitrogens with zero attached hydrogens (tertiary/aromatic N) is 1. The maximum Gasteiger partial charge on any atom is 0.325 e. The Bertz CT molecular complexity index is 1020. The van der Waals surface area contributed by atoms with Gasteiger partial charge in [-0.1, -0.05) is 41.7 Å². The SMILES string of the molecule is COc1ccccc1NC(=O)Nc1nc(C)c(C(=O)Nc2ccccc2C)s1. The molecule has 3 amide bonds. The van der Waals surface area contributed by atoms with E-state index in [0.717, 1.165) is 22.6 Å². The number of anilines is 3. The maximum atomic E-state index is 12.6. The van der Waals surface area contributed by atoms with Crippen molar-refractivity contribution in [2.45, 2.75) is 13.8 Å². The van der Waals surface area contributed by atoms with Gasteiger partial charge in [0.25, 0.3) is 5.91 Å². The molecule has 0 saturated carbocycles. The molecule has 3 rings (SSSR count). The number of thiazole rings is 1. The Morgan fingerprint density at radius 1 is 0.929 bits per heavy atom. The van der Waals surface area contributed by atoms with Crippen LogP contribution in [0.1, 0.15) is 20.9 Å². The minimum absolute atomic E-state index is 0.262. The Morgan fingerprint density at radius 3 is 2.32 bits per heavy atom. The van der Waals surface area contributed by atoms with E-state index in [9.17, 15) is 9.59 Å². The van der Waals surface area contributed by atoms with Crippen molar-refractivity contribution in [1.82, 2.24) is 4.98 Å². The van der Waals surface area contributed by atoms with E-state index in [0.29, 0.717) is 27.1 Å². The molecule has 0 radical (unpaired) electrons. The van der Waals surface area contributed by atoms with Gasteiger partial charge in [-0.3, -0.25) is 10.1 Å². The lowest BCUT2D eigenvalue weighted by Crippen LogP contribution is -2.19. The number of nitrogens with one attached hydrogen (secondary N) is 3. The Hall–Kier alpha value is -3.39. The molecule has 0 bridgehead atoms. The van der Waals surface area contributed by atoms with Gasteiger partial charge in [-0.2, -0.15) is 0 Å². The van der Waals surface area contributed by atoms with Crippen molar-refractivity contribution in [2.75, 3.05) is 23.1 Å². The van der Waals surface area contributed by atoms with Crippen molar-refractivity contribution < 1.29 is 14.3 Å². The number of aromatic nitrogens is 1. The van der Waals surface area contributed by atoms with Crippen LogP contribution in [0.3, 0.4) is 0 Å².